The van der Waals surface area contributed by atoms with Gasteiger partial charge < -0.3 is 28.7 Å². The van der Waals surface area contributed by atoms with Gasteiger partial charge in [-0.2, -0.15) is 0 Å². The number of methoxy groups -OCH3 is 1. The highest BCUT2D eigenvalue weighted by Gasteiger charge is 2.33. The molecule has 0 radical (unpaired) electrons. The number of hydrogen-bond acceptors (Lipinski definition) is 8. The van der Waals surface area contributed by atoms with Crippen molar-refractivity contribution in [3.05, 3.63) is 58.9 Å². The van der Waals surface area contributed by atoms with Crippen molar-refractivity contribution in [2.45, 2.75) is 58.0 Å². The number of hydrogen-bond donors (Lipinski definition) is 0. The van der Waals surface area contributed by atoms with Gasteiger partial charge in [-0.15, -0.1) is 6.42 Å². The molecule has 0 aromatic heterocycles. The summed E-state index contributed by atoms with van der Waals surface area (Å²) >= 11 is 0. The van der Waals surface area contributed by atoms with Crippen LogP contribution in [0.5, 0.6) is 23.0 Å². The number of aliphatic imine (C=N–C) groups is 2. The number of carbonyl (C=O) groups is 2. The van der Waals surface area contributed by atoms with Crippen LogP contribution in [0.2, 0.25) is 0 Å². The van der Waals surface area contributed by atoms with Gasteiger partial charge in [-0.05, 0) is 58.1 Å². The van der Waals surface area contributed by atoms with Gasteiger partial charge in [0.15, 0.2) is 23.0 Å². The van der Waals surface area contributed by atoms with E-state index in [1.165, 1.54) is 0 Å². The summed E-state index contributed by atoms with van der Waals surface area (Å²) in [6.07, 6.45) is 16.8. The predicted octanol–water partition coefficient (Wildman–Crippen LogP) is 6.00. The molecular formula is C35H36N4O6. The first kappa shape index (κ1) is 30.0. The van der Waals surface area contributed by atoms with Gasteiger partial charge in [-0.25, -0.2) is 0 Å². The molecule has 2 atom stereocenters. The number of rotatable bonds is 11. The molecule has 0 aliphatic carbocycles. The molecular weight excluding hydrogens is 572 g/mol. The molecule has 10 heteroatoms. The van der Waals surface area contributed by atoms with Crippen molar-refractivity contribution in [3.63, 3.8) is 0 Å². The molecule has 0 spiro atoms. The Hall–Kier alpha value is -5.04. The molecule has 0 saturated carbocycles. The summed E-state index contributed by atoms with van der Waals surface area (Å²) in [5.41, 5.74) is 4.35. The van der Waals surface area contributed by atoms with E-state index in [2.05, 4.69) is 15.9 Å². The molecule has 232 valence electrons. The lowest BCUT2D eigenvalue weighted by atomic mass is 10.1. The highest BCUT2D eigenvalue weighted by atomic mass is 16.5. The number of fused-ring (bicyclic) bond motifs is 4. The highest BCUT2D eigenvalue weighted by Crippen LogP contribution is 2.40. The van der Waals surface area contributed by atoms with Gasteiger partial charge in [0, 0.05) is 37.0 Å². The van der Waals surface area contributed by atoms with Gasteiger partial charge in [-0.3, -0.25) is 19.6 Å². The molecule has 6 rings (SSSR count). The summed E-state index contributed by atoms with van der Waals surface area (Å²) < 4.78 is 23.5. The zero-order valence-corrected chi connectivity index (χ0v) is 25.7. The number of nitrogens with zero attached hydrogens (tertiary/aromatic N) is 4. The Morgan fingerprint density at radius 1 is 0.756 bits per heavy atom. The first-order valence-corrected chi connectivity index (χ1v) is 15.2. The van der Waals surface area contributed by atoms with Crippen molar-refractivity contribution < 1.29 is 28.5 Å². The van der Waals surface area contributed by atoms with E-state index >= 15 is 0 Å². The van der Waals surface area contributed by atoms with Crippen LogP contribution < -0.4 is 18.9 Å². The van der Waals surface area contributed by atoms with E-state index in [9.17, 15) is 9.59 Å². The second-order valence-electron chi connectivity index (χ2n) is 11.6. The van der Waals surface area contributed by atoms with Crippen LogP contribution in [0, 0.1) is 12.3 Å². The highest BCUT2D eigenvalue weighted by molar-refractivity contribution is 6.05. The van der Waals surface area contributed by atoms with Crippen LogP contribution in [0.25, 0.3) is 0 Å². The minimum absolute atomic E-state index is 0.0521. The fourth-order valence-corrected chi connectivity index (χ4v) is 5.92. The molecule has 0 saturated heterocycles. The van der Waals surface area contributed by atoms with E-state index < -0.39 is 0 Å². The lowest BCUT2D eigenvalue weighted by molar-refractivity contribution is 0.0809. The Morgan fingerprint density at radius 3 is 1.76 bits per heavy atom. The Bertz CT molecular complexity index is 1680. The first-order chi connectivity index (χ1) is 21.9. The normalized spacial score (nSPS) is 19.4. The third kappa shape index (κ3) is 6.16. The maximum absolute atomic E-state index is 13.3. The van der Waals surface area contributed by atoms with E-state index in [1.807, 2.05) is 38.7 Å². The fraction of sp³-hybridized carbons (Fsp3) is 0.371. The van der Waals surface area contributed by atoms with Crippen LogP contribution in [0.15, 0.2) is 57.8 Å². The Kier molecular flexibility index (Phi) is 8.60. The third-order valence-electron chi connectivity index (χ3n) is 8.16. The summed E-state index contributed by atoms with van der Waals surface area (Å²) in [5, 5.41) is 0. The zero-order chi connectivity index (χ0) is 31.5. The van der Waals surface area contributed by atoms with Crippen LogP contribution >= 0.6 is 0 Å². The van der Waals surface area contributed by atoms with Gasteiger partial charge >= 0.3 is 0 Å². The average molecular weight is 609 g/mol. The lowest BCUT2D eigenvalue weighted by Gasteiger charge is -2.19. The van der Waals surface area contributed by atoms with Gasteiger partial charge in [0.2, 0.25) is 0 Å². The minimum Gasteiger partial charge on any atom is -0.493 e. The topological polar surface area (TPSA) is 102 Å². The van der Waals surface area contributed by atoms with Gasteiger partial charge in [0.05, 0.1) is 54.9 Å². The van der Waals surface area contributed by atoms with E-state index in [1.54, 1.807) is 41.2 Å². The number of terminal acetylenes is 1. The number of ether oxygens (including phenoxy) is 4. The maximum atomic E-state index is 13.3. The minimum atomic E-state index is -0.126. The predicted molar refractivity (Wildman–Crippen MR) is 172 cm³/mol. The molecule has 45 heavy (non-hydrogen) atoms. The number of benzene rings is 2. The Balaban J connectivity index is 1.04. The van der Waals surface area contributed by atoms with E-state index in [0.29, 0.717) is 58.7 Å². The summed E-state index contributed by atoms with van der Waals surface area (Å²) in [7, 11) is 1.56. The molecule has 2 amide bonds. The number of amides is 2. The average Bonchev–Trinajstić information content (AvgIpc) is 3.55. The molecule has 0 unspecified atom stereocenters. The standard InChI is InChI=1S/C35H36N4O6/c1-5-9-43-31-15-27-29(37-19-25-13-23(3)21-39(25)35(27)41)17-33(31)45-11-8-6-7-10-44-32-16-28-26(14-30(32)42-4)34(40)38-20-22(2)12-24(38)18-36-28/h1,14-21,24-25H,6-13H2,2-4H3/t24-,25-/m0/s1. The van der Waals surface area contributed by atoms with E-state index in [-0.39, 0.29) is 30.5 Å². The zero-order valence-electron chi connectivity index (χ0n) is 25.7. The summed E-state index contributed by atoms with van der Waals surface area (Å²) in [6, 6.07) is 6.75. The van der Waals surface area contributed by atoms with E-state index in [0.717, 1.165) is 43.3 Å². The summed E-state index contributed by atoms with van der Waals surface area (Å²) in [6.45, 7) is 4.97. The number of carbonyl (C=O) groups excluding carboxylic acids is 2. The Morgan fingerprint density at radius 2 is 1.24 bits per heavy atom. The molecule has 2 aromatic carbocycles. The second-order valence-corrected chi connectivity index (χ2v) is 11.6. The maximum Gasteiger partial charge on any atom is 0.260 e. The van der Waals surface area contributed by atoms with Crippen molar-refractivity contribution in [2.24, 2.45) is 9.98 Å². The first-order valence-electron chi connectivity index (χ1n) is 15.2. The summed E-state index contributed by atoms with van der Waals surface area (Å²) in [4.78, 5) is 39.1. The molecule has 10 nitrogen and oxygen atoms in total. The second kappa shape index (κ2) is 12.9. The molecule has 4 heterocycles. The van der Waals surface area contributed by atoms with Gasteiger partial charge in [0.1, 0.15) is 6.61 Å². The van der Waals surface area contributed by atoms with Crippen LogP contribution in [0.1, 0.15) is 66.7 Å². The molecule has 0 N–H and O–H groups in total. The van der Waals surface area contributed by atoms with Crippen LogP contribution in [-0.4, -0.2) is 73.1 Å². The smallest absolute Gasteiger partial charge is 0.260 e. The molecule has 0 bridgehead atoms. The fourth-order valence-electron chi connectivity index (χ4n) is 5.92. The third-order valence-corrected chi connectivity index (χ3v) is 8.16. The number of unbranched alkanes of at least 4 members (excludes halogenated alkanes) is 2. The SMILES string of the molecule is C#CCOc1cc2c(cc1OCCCCCOc1cc3c(cc1OC)C(=O)N1C=C(C)C[C@H]1C=N3)N=C[C@@H]1CC(C)=CN1C2=O. The molecule has 2 aromatic rings. The van der Waals surface area contributed by atoms with Crippen molar-refractivity contribution >= 4 is 35.6 Å². The monoisotopic (exact) mass is 608 g/mol. The lowest BCUT2D eigenvalue weighted by Crippen LogP contribution is -2.32. The van der Waals surface area contributed by atoms with Crippen LogP contribution in [0.4, 0.5) is 11.4 Å². The van der Waals surface area contributed by atoms with Crippen LogP contribution in [0.3, 0.4) is 0 Å². The molecule has 4 aliphatic rings. The van der Waals surface area contributed by atoms with E-state index in [4.69, 9.17) is 25.4 Å². The van der Waals surface area contributed by atoms with Gasteiger partial charge in [-0.1, -0.05) is 17.1 Å². The van der Waals surface area contributed by atoms with Crippen LogP contribution in [-0.2, 0) is 0 Å². The van der Waals surface area contributed by atoms with Gasteiger partial charge in [0.25, 0.3) is 11.8 Å². The van der Waals surface area contributed by atoms with Crippen molar-refractivity contribution in [1.29, 1.82) is 0 Å². The largest absolute Gasteiger partial charge is 0.493 e. The Labute approximate surface area is 263 Å². The molecule has 4 aliphatic heterocycles. The quantitative estimate of drug-likeness (QED) is 0.229. The van der Waals surface area contributed by atoms with Crippen molar-refractivity contribution in [2.75, 3.05) is 26.9 Å². The summed E-state index contributed by atoms with van der Waals surface area (Å²) in [5.74, 6) is 4.21. The molecule has 0 fully saturated rings. The van der Waals surface area contributed by atoms with Crippen molar-refractivity contribution in [3.8, 4) is 35.3 Å². The van der Waals surface area contributed by atoms with Crippen molar-refractivity contribution in [1.82, 2.24) is 9.80 Å².